The Morgan fingerprint density at radius 2 is 1.11 bits per heavy atom. The van der Waals surface area contributed by atoms with Crippen LogP contribution >= 0.6 is 0 Å². The van der Waals surface area contributed by atoms with Gasteiger partial charge in [-0.1, -0.05) is 137 Å². The minimum absolute atomic E-state index is 0.00168. The lowest BCUT2D eigenvalue weighted by Crippen LogP contribution is -2.57. The molecular weight excluding hydrogens is 675 g/mol. The first-order valence-corrected chi connectivity index (χ1v) is 20.1. The molecule has 0 fully saturated rings. The number of anilines is 3. The minimum atomic E-state index is -0.123. The lowest BCUT2D eigenvalue weighted by Gasteiger charge is -2.41. The van der Waals surface area contributed by atoms with Crippen molar-refractivity contribution in [2.45, 2.75) is 45.4 Å². The quantitative estimate of drug-likeness (QED) is 0.154. The van der Waals surface area contributed by atoms with E-state index in [0.717, 1.165) is 0 Å². The highest BCUT2D eigenvalue weighted by Crippen LogP contribution is 2.54. The van der Waals surface area contributed by atoms with Gasteiger partial charge < -0.3 is 9.38 Å². The zero-order chi connectivity index (χ0) is 37.4. The van der Waals surface area contributed by atoms with Gasteiger partial charge in [0.15, 0.2) is 0 Å². The van der Waals surface area contributed by atoms with Gasteiger partial charge in [-0.3, -0.25) is 0 Å². The van der Waals surface area contributed by atoms with Crippen LogP contribution in [0.5, 0.6) is 0 Å². The maximum absolute atomic E-state index is 2.72. The van der Waals surface area contributed by atoms with Gasteiger partial charge in [-0.25, -0.2) is 0 Å². The molecule has 0 bridgehead atoms. The smallest absolute Gasteiger partial charge is 0.333 e. The van der Waals surface area contributed by atoms with E-state index in [2.05, 4.69) is 190 Å². The van der Waals surface area contributed by atoms with E-state index >= 15 is 0 Å². The SMILES string of the molecule is Cc1cc2c3c(c1)N(c1ccc4c(c1)-c1ccccc1C4(C)C)c1cc4c(cc1B3n1c3cc5ccccc5cc3c3cccc-2c31)C(C)(C)c1ccccc1-4. The number of nitrogens with zero attached hydrogens (tertiary/aromatic N) is 2. The molecule has 56 heavy (non-hydrogen) atoms. The number of aryl methyl sites for hydroxylation is 1. The van der Waals surface area contributed by atoms with Crippen molar-refractivity contribution in [1.82, 2.24) is 4.48 Å². The van der Waals surface area contributed by atoms with Crippen molar-refractivity contribution >= 4 is 67.4 Å². The van der Waals surface area contributed by atoms with Crippen LogP contribution in [0, 0.1) is 6.92 Å². The van der Waals surface area contributed by atoms with Gasteiger partial charge in [0.25, 0.3) is 0 Å². The van der Waals surface area contributed by atoms with Crippen LogP contribution in [-0.2, 0) is 10.8 Å². The standard InChI is InChI=1S/C53H39BN2/c1-30-23-41-37-18-12-17-36-40-25-31-13-6-7-14-32(31)26-47(40)56(51(36)37)54-46-29-45-39(35-16-9-11-20-43(35)53(45,4)5)28-48(46)55(49(24-30)50(41)54)33-21-22-44-38(27-33)34-15-8-10-19-42(34)52(44,2)3/h6-29H,1-5H3. The normalized spacial score (nSPS) is 15.8. The third kappa shape index (κ3) is 3.61. The Labute approximate surface area is 327 Å². The molecule has 4 aliphatic rings. The number of para-hydroxylation sites is 1. The summed E-state index contributed by atoms with van der Waals surface area (Å²) < 4.78 is 2.72. The van der Waals surface area contributed by atoms with E-state index in [1.165, 1.54) is 122 Å². The maximum Gasteiger partial charge on any atom is 0.333 e. The predicted molar refractivity (Wildman–Crippen MR) is 237 cm³/mol. The Morgan fingerprint density at radius 1 is 0.464 bits per heavy atom. The molecule has 0 spiro atoms. The number of fused-ring (bicyclic) bond motifs is 14. The number of hydrogen-bond donors (Lipinski definition) is 0. The summed E-state index contributed by atoms with van der Waals surface area (Å²) in [5.74, 6) is 0. The molecule has 13 rings (SSSR count). The van der Waals surface area contributed by atoms with Crippen molar-refractivity contribution < 1.29 is 0 Å². The largest absolute Gasteiger partial charge is 0.375 e. The Balaban J connectivity index is 1.18. The van der Waals surface area contributed by atoms with Crippen molar-refractivity contribution in [3.05, 3.63) is 173 Å². The Morgan fingerprint density at radius 3 is 1.88 bits per heavy atom. The molecule has 3 heteroatoms. The van der Waals surface area contributed by atoms with E-state index in [1.54, 1.807) is 0 Å². The molecule has 9 aromatic rings. The Bertz CT molecular complexity index is 3290. The number of benzene rings is 8. The van der Waals surface area contributed by atoms with E-state index < -0.39 is 0 Å². The summed E-state index contributed by atoms with van der Waals surface area (Å²) in [6.45, 7) is 11.9. The molecule has 264 valence electrons. The summed E-state index contributed by atoms with van der Waals surface area (Å²) in [5.41, 5.74) is 23.9. The summed E-state index contributed by atoms with van der Waals surface area (Å²) >= 11 is 0. The number of aromatic nitrogens is 1. The zero-order valence-electron chi connectivity index (χ0n) is 32.3. The van der Waals surface area contributed by atoms with E-state index in [1.807, 2.05) is 0 Å². The zero-order valence-corrected chi connectivity index (χ0v) is 32.3. The molecule has 1 aromatic heterocycles. The first-order valence-electron chi connectivity index (χ1n) is 20.1. The van der Waals surface area contributed by atoms with E-state index in [9.17, 15) is 0 Å². The van der Waals surface area contributed by atoms with Gasteiger partial charge in [0.05, 0.1) is 0 Å². The van der Waals surface area contributed by atoms with Crippen molar-refractivity contribution in [3.8, 4) is 33.4 Å². The van der Waals surface area contributed by atoms with Crippen molar-refractivity contribution in [1.29, 1.82) is 0 Å². The predicted octanol–water partition coefficient (Wildman–Crippen LogP) is 12.3. The molecule has 0 saturated heterocycles. The molecule has 0 amide bonds. The van der Waals surface area contributed by atoms with Crippen molar-refractivity contribution in [2.75, 3.05) is 4.90 Å². The maximum atomic E-state index is 2.72. The molecule has 2 nitrogen and oxygen atoms in total. The summed E-state index contributed by atoms with van der Waals surface area (Å²) in [4.78, 5) is 2.62. The molecule has 0 radical (unpaired) electrons. The van der Waals surface area contributed by atoms with Crippen LogP contribution in [-0.4, -0.2) is 11.3 Å². The summed E-state index contributed by atoms with van der Waals surface area (Å²) in [5, 5.41) is 5.21. The van der Waals surface area contributed by atoms with Crippen LogP contribution in [0.25, 0.3) is 66.0 Å². The van der Waals surface area contributed by atoms with Gasteiger partial charge in [0, 0.05) is 55.3 Å². The summed E-state index contributed by atoms with van der Waals surface area (Å²) in [6, 6.07) is 56.2. The topological polar surface area (TPSA) is 8.17 Å². The van der Waals surface area contributed by atoms with Crippen LogP contribution in [0.1, 0.15) is 55.5 Å². The van der Waals surface area contributed by atoms with Crippen LogP contribution in [0.4, 0.5) is 17.1 Å². The highest BCUT2D eigenvalue weighted by Gasteiger charge is 2.46. The first-order chi connectivity index (χ1) is 27.2. The Kier molecular flexibility index (Phi) is 5.58. The van der Waals surface area contributed by atoms with Crippen molar-refractivity contribution in [2.24, 2.45) is 0 Å². The third-order valence-electron chi connectivity index (χ3n) is 14.1. The molecule has 0 saturated carbocycles. The second-order valence-corrected chi connectivity index (χ2v) is 17.8. The molecule has 8 aromatic carbocycles. The number of rotatable bonds is 1. The fraction of sp³-hybridized carbons (Fsp3) is 0.132. The molecule has 3 heterocycles. The Hall–Kier alpha value is -6.32. The fourth-order valence-electron chi connectivity index (χ4n) is 11.6. The van der Waals surface area contributed by atoms with Crippen LogP contribution in [0.15, 0.2) is 146 Å². The van der Waals surface area contributed by atoms with Gasteiger partial charge >= 0.3 is 6.85 Å². The summed E-state index contributed by atoms with van der Waals surface area (Å²) in [7, 11) is 0. The lowest BCUT2D eigenvalue weighted by atomic mass is 9.44. The van der Waals surface area contributed by atoms with Crippen molar-refractivity contribution in [3.63, 3.8) is 0 Å². The molecule has 0 unspecified atom stereocenters. The number of hydrogen-bond acceptors (Lipinski definition) is 1. The lowest BCUT2D eigenvalue weighted by molar-refractivity contribution is 0.660. The molecule has 0 atom stereocenters. The fourth-order valence-corrected chi connectivity index (χ4v) is 11.6. The average molecular weight is 715 g/mol. The third-order valence-corrected chi connectivity index (χ3v) is 14.1. The first kappa shape index (κ1) is 30.9. The second kappa shape index (κ2) is 10.1. The van der Waals surface area contributed by atoms with Gasteiger partial charge in [0.1, 0.15) is 0 Å². The minimum Gasteiger partial charge on any atom is -0.375 e. The monoisotopic (exact) mass is 714 g/mol. The van der Waals surface area contributed by atoms with E-state index in [0.29, 0.717) is 0 Å². The molecule has 0 N–H and O–H groups in total. The van der Waals surface area contributed by atoms with Gasteiger partial charge in [-0.05, 0) is 121 Å². The average Bonchev–Trinajstić information content (AvgIpc) is 3.74. The molecule has 2 aliphatic carbocycles. The van der Waals surface area contributed by atoms with Crippen LogP contribution < -0.4 is 15.8 Å². The van der Waals surface area contributed by atoms with E-state index in [4.69, 9.17) is 0 Å². The summed E-state index contributed by atoms with van der Waals surface area (Å²) in [6.07, 6.45) is 0. The van der Waals surface area contributed by atoms with Crippen LogP contribution in [0.2, 0.25) is 0 Å². The van der Waals surface area contributed by atoms with E-state index in [-0.39, 0.29) is 17.7 Å². The van der Waals surface area contributed by atoms with Crippen LogP contribution in [0.3, 0.4) is 0 Å². The van der Waals surface area contributed by atoms with Gasteiger partial charge in [0.2, 0.25) is 0 Å². The van der Waals surface area contributed by atoms with Gasteiger partial charge in [-0.2, -0.15) is 0 Å². The molecule has 2 aliphatic heterocycles. The second-order valence-electron chi connectivity index (χ2n) is 17.8. The molecular formula is C53H39BN2. The highest BCUT2D eigenvalue weighted by molar-refractivity contribution is 6.90. The highest BCUT2D eigenvalue weighted by atomic mass is 15.2. The van der Waals surface area contributed by atoms with Gasteiger partial charge in [-0.15, -0.1) is 0 Å².